The van der Waals surface area contributed by atoms with Crippen molar-refractivity contribution in [3.8, 4) is 45.3 Å². The van der Waals surface area contributed by atoms with Crippen LogP contribution in [0.5, 0.6) is 0 Å². The first-order chi connectivity index (χ1) is 21.8. The fraction of sp³-hybridized carbons (Fsp3) is 0. The van der Waals surface area contributed by atoms with Gasteiger partial charge in [-0.3, -0.25) is 0 Å². The van der Waals surface area contributed by atoms with Crippen molar-refractivity contribution in [3.63, 3.8) is 0 Å². The third kappa shape index (κ3) is 4.06. The molecule has 5 heteroatoms. The van der Waals surface area contributed by atoms with E-state index in [1.165, 1.54) is 0 Å². The maximum absolute atomic E-state index is 6.40. The van der Waals surface area contributed by atoms with E-state index in [4.69, 9.17) is 23.8 Å². The Balaban J connectivity index is 1.19. The molecule has 5 nitrogen and oxygen atoms in total. The monoisotopic (exact) mass is 565 g/mol. The maximum Gasteiger partial charge on any atom is 0.164 e. The molecule has 6 aromatic carbocycles. The van der Waals surface area contributed by atoms with Crippen LogP contribution in [0.2, 0.25) is 0 Å². The van der Waals surface area contributed by atoms with Crippen LogP contribution in [0.1, 0.15) is 0 Å². The minimum absolute atomic E-state index is 0.575. The summed E-state index contributed by atoms with van der Waals surface area (Å²) < 4.78 is 12.6. The molecule has 0 saturated carbocycles. The van der Waals surface area contributed by atoms with E-state index in [0.717, 1.165) is 71.7 Å². The second-order valence-electron chi connectivity index (χ2n) is 10.9. The second kappa shape index (κ2) is 9.75. The SMILES string of the molecule is c1ccc(-c2ccc3c(c2)oc2cc(-c4nc(-c5ccccc5)nc(-c5ccc6c(c5)oc5ccccc56)n4)ccc23)cc1. The van der Waals surface area contributed by atoms with Crippen molar-refractivity contribution in [2.24, 2.45) is 0 Å². The van der Waals surface area contributed by atoms with Gasteiger partial charge in [0.1, 0.15) is 22.3 Å². The number of aromatic nitrogens is 3. The lowest BCUT2D eigenvalue weighted by Gasteiger charge is -2.08. The zero-order valence-corrected chi connectivity index (χ0v) is 23.4. The van der Waals surface area contributed by atoms with E-state index in [0.29, 0.717) is 17.5 Å². The number of rotatable bonds is 4. The Morgan fingerprint density at radius 1 is 0.295 bits per heavy atom. The van der Waals surface area contributed by atoms with E-state index in [1.807, 2.05) is 84.9 Å². The summed E-state index contributed by atoms with van der Waals surface area (Å²) in [6.07, 6.45) is 0. The molecule has 9 rings (SSSR count). The lowest BCUT2D eigenvalue weighted by Crippen LogP contribution is -2.00. The van der Waals surface area contributed by atoms with Gasteiger partial charge in [-0.15, -0.1) is 0 Å². The van der Waals surface area contributed by atoms with Crippen LogP contribution in [-0.2, 0) is 0 Å². The van der Waals surface area contributed by atoms with E-state index in [9.17, 15) is 0 Å². The molecule has 0 aliphatic heterocycles. The average molecular weight is 566 g/mol. The third-order valence-electron chi connectivity index (χ3n) is 8.14. The largest absolute Gasteiger partial charge is 0.456 e. The Bertz CT molecular complexity index is 2500. The molecule has 0 bridgehead atoms. The van der Waals surface area contributed by atoms with Crippen molar-refractivity contribution < 1.29 is 8.83 Å². The van der Waals surface area contributed by atoms with Crippen LogP contribution >= 0.6 is 0 Å². The summed E-state index contributed by atoms with van der Waals surface area (Å²) >= 11 is 0. The summed E-state index contributed by atoms with van der Waals surface area (Å²) in [4.78, 5) is 14.8. The molecule has 0 saturated heterocycles. The van der Waals surface area contributed by atoms with Crippen molar-refractivity contribution >= 4 is 43.9 Å². The lowest BCUT2D eigenvalue weighted by atomic mass is 10.0. The van der Waals surface area contributed by atoms with Crippen LogP contribution in [0, 0.1) is 0 Å². The lowest BCUT2D eigenvalue weighted by molar-refractivity contribution is 0.669. The van der Waals surface area contributed by atoms with Gasteiger partial charge in [-0.1, -0.05) is 97.1 Å². The number of benzene rings is 6. The second-order valence-corrected chi connectivity index (χ2v) is 10.9. The Hall–Kier alpha value is -6.07. The molecular weight excluding hydrogens is 542 g/mol. The third-order valence-corrected chi connectivity index (χ3v) is 8.14. The highest BCUT2D eigenvalue weighted by molar-refractivity contribution is 6.07. The van der Waals surface area contributed by atoms with Gasteiger partial charge >= 0.3 is 0 Å². The first-order valence-electron chi connectivity index (χ1n) is 14.5. The van der Waals surface area contributed by atoms with Crippen molar-refractivity contribution in [2.75, 3.05) is 0 Å². The van der Waals surface area contributed by atoms with Gasteiger partial charge in [-0.25, -0.2) is 15.0 Å². The van der Waals surface area contributed by atoms with Gasteiger partial charge in [0.15, 0.2) is 17.5 Å². The van der Waals surface area contributed by atoms with Gasteiger partial charge in [0.2, 0.25) is 0 Å². The summed E-state index contributed by atoms with van der Waals surface area (Å²) in [6.45, 7) is 0. The van der Waals surface area contributed by atoms with Crippen LogP contribution in [0.3, 0.4) is 0 Å². The van der Waals surface area contributed by atoms with Crippen molar-refractivity contribution in [1.82, 2.24) is 15.0 Å². The minimum Gasteiger partial charge on any atom is -0.456 e. The standard InChI is InChI=1S/C39H23N3O2/c1-3-9-24(10-4-1)26-15-18-31-32-20-17-28(23-36(32)44-34(31)21-26)39-41-37(25-11-5-2-6-12-25)40-38(42-39)27-16-19-30-29-13-7-8-14-33(29)43-35(30)22-27/h1-23H. The molecule has 0 N–H and O–H groups in total. The summed E-state index contributed by atoms with van der Waals surface area (Å²) in [5.74, 6) is 1.76. The zero-order valence-electron chi connectivity index (χ0n) is 23.4. The zero-order chi connectivity index (χ0) is 29.0. The van der Waals surface area contributed by atoms with Gasteiger partial charge in [0, 0.05) is 38.2 Å². The summed E-state index contributed by atoms with van der Waals surface area (Å²) in [6, 6.07) is 47.1. The molecule has 9 aromatic rings. The minimum atomic E-state index is 0.575. The van der Waals surface area contributed by atoms with Crippen molar-refractivity contribution in [2.45, 2.75) is 0 Å². The van der Waals surface area contributed by atoms with Gasteiger partial charge in [0.25, 0.3) is 0 Å². The van der Waals surface area contributed by atoms with Crippen LogP contribution in [-0.4, -0.2) is 15.0 Å². The Kier molecular flexibility index (Phi) is 5.43. The smallest absolute Gasteiger partial charge is 0.164 e. The maximum atomic E-state index is 6.40. The molecule has 3 heterocycles. The van der Waals surface area contributed by atoms with Gasteiger partial charge in [0.05, 0.1) is 0 Å². The molecule has 0 unspecified atom stereocenters. The number of nitrogens with zero attached hydrogens (tertiary/aromatic N) is 3. The molecule has 0 atom stereocenters. The highest BCUT2D eigenvalue weighted by Crippen LogP contribution is 2.36. The molecule has 0 radical (unpaired) electrons. The van der Waals surface area contributed by atoms with E-state index in [1.54, 1.807) is 0 Å². The van der Waals surface area contributed by atoms with Crippen LogP contribution < -0.4 is 0 Å². The molecule has 0 aliphatic rings. The normalized spacial score (nSPS) is 11.6. The highest BCUT2D eigenvalue weighted by Gasteiger charge is 2.16. The summed E-state index contributed by atoms with van der Waals surface area (Å²) in [5, 5.41) is 4.28. The number of para-hydroxylation sites is 1. The van der Waals surface area contributed by atoms with Gasteiger partial charge in [-0.05, 0) is 53.6 Å². The Morgan fingerprint density at radius 2 is 0.705 bits per heavy atom. The van der Waals surface area contributed by atoms with Gasteiger partial charge in [-0.2, -0.15) is 0 Å². The van der Waals surface area contributed by atoms with Crippen molar-refractivity contribution in [1.29, 1.82) is 0 Å². The number of hydrogen-bond donors (Lipinski definition) is 0. The van der Waals surface area contributed by atoms with E-state index >= 15 is 0 Å². The van der Waals surface area contributed by atoms with Gasteiger partial charge < -0.3 is 8.83 Å². The molecule has 0 fully saturated rings. The molecule has 0 aliphatic carbocycles. The van der Waals surface area contributed by atoms with Crippen LogP contribution in [0.4, 0.5) is 0 Å². The van der Waals surface area contributed by atoms with E-state index in [-0.39, 0.29) is 0 Å². The Labute approximate surface area is 252 Å². The number of hydrogen-bond acceptors (Lipinski definition) is 5. The topological polar surface area (TPSA) is 65.0 Å². The first-order valence-corrected chi connectivity index (χ1v) is 14.5. The summed E-state index contributed by atoms with van der Waals surface area (Å²) in [7, 11) is 0. The molecular formula is C39H23N3O2. The van der Waals surface area contributed by atoms with Crippen LogP contribution in [0.15, 0.2) is 148 Å². The number of furan rings is 2. The fourth-order valence-corrected chi connectivity index (χ4v) is 5.94. The molecule has 0 spiro atoms. The number of fused-ring (bicyclic) bond motifs is 6. The molecule has 0 amide bonds. The predicted molar refractivity (Wildman–Crippen MR) is 176 cm³/mol. The quantitative estimate of drug-likeness (QED) is 0.212. The fourth-order valence-electron chi connectivity index (χ4n) is 5.94. The molecule has 44 heavy (non-hydrogen) atoms. The predicted octanol–water partition coefficient (Wildman–Crippen LogP) is 10.3. The summed E-state index contributed by atoms with van der Waals surface area (Å²) in [5.41, 5.74) is 8.19. The molecule has 3 aromatic heterocycles. The molecule has 206 valence electrons. The first kappa shape index (κ1) is 24.5. The Morgan fingerprint density at radius 3 is 1.30 bits per heavy atom. The van der Waals surface area contributed by atoms with Crippen molar-refractivity contribution in [3.05, 3.63) is 140 Å². The van der Waals surface area contributed by atoms with E-state index in [2.05, 4.69) is 54.6 Å². The van der Waals surface area contributed by atoms with E-state index < -0.39 is 0 Å². The van der Waals surface area contributed by atoms with Crippen LogP contribution in [0.25, 0.3) is 89.2 Å². The average Bonchev–Trinajstić information content (AvgIpc) is 3.65. The highest BCUT2D eigenvalue weighted by atomic mass is 16.3.